The SMILES string of the molecule is CC[Si](CC)(CC)O[C@@H]1C(F)[C@](CO)(N=[N+]=[N-])O[C@@H]1n1ccc(N)nc1=O. The van der Waals surface area contributed by atoms with Gasteiger partial charge in [-0.3, -0.25) is 4.57 Å². The van der Waals surface area contributed by atoms with Gasteiger partial charge in [-0.15, -0.1) is 0 Å². The summed E-state index contributed by atoms with van der Waals surface area (Å²) >= 11 is 0. The van der Waals surface area contributed by atoms with Crippen LogP contribution in [0, 0.1) is 0 Å². The monoisotopic (exact) mass is 400 g/mol. The zero-order chi connectivity index (χ0) is 20.2. The Hall–Kier alpha value is -1.98. The van der Waals surface area contributed by atoms with Crippen molar-refractivity contribution in [2.75, 3.05) is 12.3 Å². The highest BCUT2D eigenvalue weighted by Gasteiger charge is 2.58. The van der Waals surface area contributed by atoms with E-state index in [0.29, 0.717) is 0 Å². The van der Waals surface area contributed by atoms with Gasteiger partial charge in [-0.25, -0.2) is 9.18 Å². The number of hydrogen-bond acceptors (Lipinski definition) is 7. The van der Waals surface area contributed by atoms with Gasteiger partial charge in [-0.1, -0.05) is 25.9 Å². The minimum Gasteiger partial charge on any atom is -0.406 e. The number of nitrogens with zero attached hydrogens (tertiary/aromatic N) is 5. The van der Waals surface area contributed by atoms with Gasteiger partial charge in [0.05, 0.1) is 6.61 Å². The van der Waals surface area contributed by atoms with Crippen LogP contribution in [0.4, 0.5) is 10.2 Å². The summed E-state index contributed by atoms with van der Waals surface area (Å²) in [5.74, 6) is 0.00590. The Bertz CT molecular complexity index is 761. The maximum Gasteiger partial charge on any atom is 0.351 e. The number of nitrogen functional groups attached to an aromatic ring is 1. The number of rotatable bonds is 8. The average molecular weight is 400 g/mol. The molecule has 10 nitrogen and oxygen atoms in total. The summed E-state index contributed by atoms with van der Waals surface area (Å²) < 4.78 is 28.2. The lowest BCUT2D eigenvalue weighted by molar-refractivity contribution is -0.115. The first-order valence-corrected chi connectivity index (χ1v) is 11.4. The van der Waals surface area contributed by atoms with Crippen LogP contribution >= 0.6 is 0 Å². The highest BCUT2D eigenvalue weighted by Crippen LogP contribution is 2.43. The Morgan fingerprint density at radius 1 is 1.52 bits per heavy atom. The molecule has 12 heteroatoms. The molecule has 1 aliphatic rings. The van der Waals surface area contributed by atoms with Gasteiger partial charge in [0.2, 0.25) is 5.72 Å². The van der Waals surface area contributed by atoms with Crippen LogP contribution in [0.2, 0.25) is 18.1 Å². The topological polar surface area (TPSA) is 148 Å². The molecule has 1 aliphatic heterocycles. The minimum atomic E-state index is -2.32. The predicted octanol–water partition coefficient (Wildman–Crippen LogP) is 2.08. The van der Waals surface area contributed by atoms with Gasteiger partial charge in [0.1, 0.15) is 11.9 Å². The van der Waals surface area contributed by atoms with Crippen molar-refractivity contribution in [3.63, 3.8) is 0 Å². The standard InChI is InChI=1S/C15H25FN6O4Si/c1-4-27(5-2,6-3)26-11-12(16)15(9-23,20-21-18)25-13(11)22-8-7-10(17)19-14(22)24/h7-8,11-13,23H,4-6,9H2,1-3H3,(H2,17,19,24)/t11-,12?,13+,15-/m1/s1. The maximum absolute atomic E-state index is 15.4. The van der Waals surface area contributed by atoms with Crippen LogP contribution in [0.5, 0.6) is 0 Å². The zero-order valence-corrected chi connectivity index (χ0v) is 16.6. The third-order valence-electron chi connectivity index (χ3n) is 5.21. The Kier molecular flexibility index (Phi) is 6.60. The lowest BCUT2D eigenvalue weighted by atomic mass is 10.1. The van der Waals surface area contributed by atoms with Crippen LogP contribution in [-0.4, -0.2) is 47.6 Å². The predicted molar refractivity (Wildman–Crippen MR) is 99.0 cm³/mol. The molecule has 1 aromatic heterocycles. The van der Waals surface area contributed by atoms with Gasteiger partial charge >= 0.3 is 5.69 Å². The lowest BCUT2D eigenvalue weighted by Crippen LogP contribution is -2.48. The second kappa shape index (κ2) is 8.36. The molecule has 0 amide bonds. The van der Waals surface area contributed by atoms with Crippen LogP contribution in [0.1, 0.15) is 27.0 Å². The normalized spacial score (nSPS) is 28.1. The lowest BCUT2D eigenvalue weighted by Gasteiger charge is -2.34. The Morgan fingerprint density at radius 3 is 2.63 bits per heavy atom. The molecule has 1 saturated heterocycles. The number of nitrogens with two attached hydrogens (primary N) is 1. The number of aliphatic hydroxyl groups is 1. The second-order valence-corrected chi connectivity index (χ2v) is 11.2. The molecule has 2 rings (SSSR count). The molecule has 27 heavy (non-hydrogen) atoms. The largest absolute Gasteiger partial charge is 0.406 e. The fourth-order valence-electron chi connectivity index (χ4n) is 3.29. The number of azide groups is 1. The summed E-state index contributed by atoms with van der Waals surface area (Å²) in [5, 5.41) is 13.0. The fraction of sp³-hybridized carbons (Fsp3) is 0.733. The van der Waals surface area contributed by atoms with E-state index in [4.69, 9.17) is 20.4 Å². The summed E-state index contributed by atoms with van der Waals surface area (Å²) in [6.07, 6.45) is -3.15. The van der Waals surface area contributed by atoms with Crippen molar-refractivity contribution >= 4 is 14.1 Å². The Balaban J connectivity index is 2.56. The Labute approximate surface area is 156 Å². The average Bonchev–Trinajstić information content (AvgIpc) is 2.92. The van der Waals surface area contributed by atoms with Crippen molar-refractivity contribution in [1.82, 2.24) is 9.55 Å². The molecule has 4 atom stereocenters. The Morgan fingerprint density at radius 2 is 2.15 bits per heavy atom. The summed E-state index contributed by atoms with van der Waals surface area (Å²) in [4.78, 5) is 18.5. The van der Waals surface area contributed by atoms with Crippen molar-refractivity contribution in [1.29, 1.82) is 0 Å². The van der Waals surface area contributed by atoms with Crippen molar-refractivity contribution in [2.45, 2.75) is 63.1 Å². The van der Waals surface area contributed by atoms with Crippen LogP contribution in [0.3, 0.4) is 0 Å². The van der Waals surface area contributed by atoms with Gasteiger partial charge in [0.25, 0.3) is 0 Å². The van der Waals surface area contributed by atoms with Gasteiger partial charge < -0.3 is 20.0 Å². The highest BCUT2D eigenvalue weighted by atomic mass is 28.4. The van der Waals surface area contributed by atoms with Crippen molar-refractivity contribution in [3.8, 4) is 0 Å². The van der Waals surface area contributed by atoms with E-state index in [1.807, 2.05) is 20.8 Å². The molecule has 150 valence electrons. The van der Waals surface area contributed by atoms with Gasteiger partial charge in [-0.05, 0) is 29.7 Å². The summed E-state index contributed by atoms with van der Waals surface area (Å²) in [7, 11) is -2.32. The molecule has 3 N–H and O–H groups in total. The molecule has 0 spiro atoms. The number of aliphatic hydroxyl groups excluding tert-OH is 1. The molecule has 0 radical (unpaired) electrons. The van der Waals surface area contributed by atoms with E-state index in [1.54, 1.807) is 0 Å². The zero-order valence-electron chi connectivity index (χ0n) is 15.6. The van der Waals surface area contributed by atoms with Gasteiger partial charge in [0, 0.05) is 11.1 Å². The molecule has 1 aromatic rings. The van der Waals surface area contributed by atoms with Crippen molar-refractivity contribution < 1.29 is 18.7 Å². The molecule has 0 aliphatic carbocycles. The number of alkyl halides is 1. The van der Waals surface area contributed by atoms with Gasteiger partial charge in [0.15, 0.2) is 20.7 Å². The number of halogens is 1. The van der Waals surface area contributed by atoms with E-state index in [1.165, 1.54) is 12.3 Å². The van der Waals surface area contributed by atoms with E-state index < -0.39 is 44.8 Å². The smallest absolute Gasteiger partial charge is 0.351 e. The summed E-state index contributed by atoms with van der Waals surface area (Å²) in [5.41, 5.74) is 11.4. The third-order valence-corrected chi connectivity index (χ3v) is 9.85. The van der Waals surface area contributed by atoms with Gasteiger partial charge in [-0.2, -0.15) is 4.98 Å². The van der Waals surface area contributed by atoms with Crippen molar-refractivity contribution in [2.24, 2.45) is 5.11 Å². The fourth-order valence-corrected chi connectivity index (χ4v) is 6.11. The quantitative estimate of drug-likeness (QED) is 0.295. The summed E-state index contributed by atoms with van der Waals surface area (Å²) in [6, 6.07) is 3.57. The molecule has 2 heterocycles. The highest BCUT2D eigenvalue weighted by molar-refractivity contribution is 6.73. The van der Waals surface area contributed by atoms with Crippen LogP contribution in [0.15, 0.2) is 22.2 Å². The number of anilines is 1. The molecule has 0 aromatic carbocycles. The molecule has 0 bridgehead atoms. The van der Waals surface area contributed by atoms with Crippen LogP contribution < -0.4 is 11.4 Å². The van der Waals surface area contributed by atoms with E-state index in [9.17, 15) is 9.90 Å². The van der Waals surface area contributed by atoms with E-state index in [-0.39, 0.29) is 5.82 Å². The molecular formula is C15H25FN6O4Si. The first-order valence-electron chi connectivity index (χ1n) is 8.83. The van der Waals surface area contributed by atoms with Crippen LogP contribution in [-0.2, 0) is 9.16 Å². The van der Waals surface area contributed by atoms with Crippen LogP contribution in [0.25, 0.3) is 10.4 Å². The second-order valence-electron chi connectivity index (χ2n) is 6.47. The van der Waals surface area contributed by atoms with E-state index in [2.05, 4.69) is 15.0 Å². The number of ether oxygens (including phenoxy) is 1. The van der Waals surface area contributed by atoms with E-state index >= 15 is 4.39 Å². The first kappa shape index (κ1) is 21.3. The third kappa shape index (κ3) is 3.85. The summed E-state index contributed by atoms with van der Waals surface area (Å²) in [6.45, 7) is 5.02. The number of aromatic nitrogens is 2. The number of hydrogen-bond donors (Lipinski definition) is 2. The van der Waals surface area contributed by atoms with E-state index in [0.717, 1.165) is 22.7 Å². The minimum absolute atomic E-state index is 0.00590. The molecule has 1 fully saturated rings. The maximum atomic E-state index is 15.4. The molecule has 0 saturated carbocycles. The molecular weight excluding hydrogens is 375 g/mol. The first-order chi connectivity index (χ1) is 12.8. The van der Waals surface area contributed by atoms with Crippen molar-refractivity contribution in [3.05, 3.63) is 33.2 Å². The molecule has 1 unspecified atom stereocenters.